The second kappa shape index (κ2) is 15.3. The second-order valence-corrected chi connectivity index (χ2v) is 20.6. The number of methoxy groups -OCH3 is 2. The smallest absolute Gasteiger partial charge is 0.261 e. The number of benzene rings is 3. The lowest BCUT2D eigenvalue weighted by atomic mass is 9.73. The molecular weight excluding hydrogens is 627 g/mol. The third-order valence-corrected chi connectivity index (χ3v) is 16.4. The zero-order valence-electron chi connectivity index (χ0n) is 31.0. The van der Waals surface area contributed by atoms with Crippen molar-refractivity contribution in [3.8, 4) is 11.5 Å². The van der Waals surface area contributed by atoms with E-state index in [1.54, 1.807) is 14.2 Å². The Bertz CT molecular complexity index is 1460. The standard InChI is InChI=1S/C42H59NO5Si/c1-41(2,3)49(33-16-10-8-11-17-33,34-18-12-9-13-19-34)47-25-22-42(4,5)29-32-30-43-23-21-31-26-38(44-6)39(45-7)27-35(31)36(43)28-37(32)48-40-20-14-15-24-46-40/h8-13,16-19,26-27,32,36-37,40H,14-15,20-25,28-30H2,1-7H3/t32-,36-,37-,40?/m1/s1. The summed E-state index contributed by atoms with van der Waals surface area (Å²) in [6.45, 7) is 15.5. The van der Waals surface area contributed by atoms with E-state index in [0.717, 1.165) is 76.3 Å². The number of fused-ring (bicyclic) bond motifs is 3. The molecule has 0 N–H and O–H groups in total. The molecule has 2 fully saturated rings. The zero-order valence-corrected chi connectivity index (χ0v) is 32.0. The third kappa shape index (κ3) is 7.81. The van der Waals surface area contributed by atoms with Crippen molar-refractivity contribution in [1.82, 2.24) is 4.90 Å². The Labute approximate surface area is 296 Å². The predicted octanol–water partition coefficient (Wildman–Crippen LogP) is 7.92. The molecule has 1 unspecified atom stereocenters. The Hall–Kier alpha value is -2.68. The minimum absolute atomic E-state index is 0.0333. The number of ether oxygens (including phenoxy) is 4. The highest BCUT2D eigenvalue weighted by Gasteiger charge is 2.50. The monoisotopic (exact) mass is 685 g/mol. The fraction of sp³-hybridized carbons (Fsp3) is 0.571. The van der Waals surface area contributed by atoms with E-state index in [9.17, 15) is 0 Å². The molecule has 7 heteroatoms. The van der Waals surface area contributed by atoms with Gasteiger partial charge in [0.25, 0.3) is 8.32 Å². The molecule has 266 valence electrons. The Kier molecular flexibility index (Phi) is 11.3. The van der Waals surface area contributed by atoms with E-state index < -0.39 is 8.32 Å². The number of hydrogen-bond donors (Lipinski definition) is 0. The molecule has 3 aromatic rings. The van der Waals surface area contributed by atoms with Gasteiger partial charge in [-0.05, 0) is 95.0 Å². The summed E-state index contributed by atoms with van der Waals surface area (Å²) in [4.78, 5) is 2.70. The highest BCUT2D eigenvalue weighted by molar-refractivity contribution is 6.99. The Morgan fingerprint density at radius 3 is 2.10 bits per heavy atom. The van der Waals surface area contributed by atoms with Crippen LogP contribution in [-0.2, 0) is 20.3 Å². The van der Waals surface area contributed by atoms with Crippen LogP contribution in [0.4, 0.5) is 0 Å². The highest BCUT2D eigenvalue weighted by Crippen LogP contribution is 2.46. The molecule has 49 heavy (non-hydrogen) atoms. The summed E-state index contributed by atoms with van der Waals surface area (Å²) in [7, 11) is 0.867. The Morgan fingerprint density at radius 2 is 1.51 bits per heavy atom. The van der Waals surface area contributed by atoms with Gasteiger partial charge in [0, 0.05) is 32.3 Å². The first-order valence-electron chi connectivity index (χ1n) is 18.6. The molecule has 6 nitrogen and oxygen atoms in total. The lowest BCUT2D eigenvalue weighted by Gasteiger charge is -2.49. The minimum Gasteiger partial charge on any atom is -0.493 e. The molecule has 3 aromatic carbocycles. The molecule has 3 aliphatic heterocycles. The molecule has 0 bridgehead atoms. The van der Waals surface area contributed by atoms with E-state index in [4.69, 9.17) is 23.4 Å². The first-order chi connectivity index (χ1) is 23.5. The Morgan fingerprint density at radius 1 is 0.857 bits per heavy atom. The molecule has 0 amide bonds. The highest BCUT2D eigenvalue weighted by atomic mass is 28.4. The van der Waals surface area contributed by atoms with Crippen molar-refractivity contribution in [2.45, 2.75) is 103 Å². The first-order valence-corrected chi connectivity index (χ1v) is 20.5. The number of hydrogen-bond acceptors (Lipinski definition) is 6. The third-order valence-electron chi connectivity index (χ3n) is 11.4. The maximum Gasteiger partial charge on any atom is 0.261 e. The van der Waals surface area contributed by atoms with Gasteiger partial charge >= 0.3 is 0 Å². The van der Waals surface area contributed by atoms with Crippen molar-refractivity contribution in [2.75, 3.05) is 40.5 Å². The molecule has 4 atom stereocenters. The van der Waals surface area contributed by atoms with Crippen molar-refractivity contribution in [1.29, 1.82) is 0 Å². The van der Waals surface area contributed by atoms with Crippen molar-refractivity contribution in [2.24, 2.45) is 11.3 Å². The van der Waals surface area contributed by atoms with Crippen LogP contribution in [0.1, 0.15) is 90.3 Å². The fourth-order valence-corrected chi connectivity index (χ4v) is 13.4. The Balaban J connectivity index is 1.22. The summed E-state index contributed by atoms with van der Waals surface area (Å²) in [6.07, 6.45) is 7.34. The molecule has 3 aliphatic rings. The van der Waals surface area contributed by atoms with Crippen LogP contribution in [0.5, 0.6) is 11.5 Å². The van der Waals surface area contributed by atoms with Crippen LogP contribution in [-0.4, -0.2) is 66.1 Å². The lowest BCUT2D eigenvalue weighted by molar-refractivity contribution is -0.214. The van der Waals surface area contributed by atoms with Gasteiger partial charge in [-0.2, -0.15) is 0 Å². The zero-order chi connectivity index (χ0) is 34.6. The average Bonchev–Trinajstić information content (AvgIpc) is 3.10. The largest absolute Gasteiger partial charge is 0.493 e. The van der Waals surface area contributed by atoms with Crippen molar-refractivity contribution < 1.29 is 23.4 Å². The maximum absolute atomic E-state index is 7.36. The van der Waals surface area contributed by atoms with E-state index in [2.05, 4.69) is 112 Å². The van der Waals surface area contributed by atoms with Gasteiger partial charge < -0.3 is 23.4 Å². The normalized spacial score (nSPS) is 23.4. The van der Waals surface area contributed by atoms with Crippen molar-refractivity contribution in [3.63, 3.8) is 0 Å². The number of piperidine rings is 1. The maximum atomic E-state index is 7.36. The SMILES string of the molecule is COc1cc2c(cc1OC)[C@H]1C[C@@H](OC3CCCCO3)[C@H](CC(C)(C)CCO[Si](c3ccccc3)(c3ccccc3)C(C)(C)C)CN1CC2. The summed E-state index contributed by atoms with van der Waals surface area (Å²) < 4.78 is 31.9. The summed E-state index contributed by atoms with van der Waals surface area (Å²) in [5.74, 6) is 2.03. The van der Waals surface area contributed by atoms with Crippen LogP contribution >= 0.6 is 0 Å². The van der Waals surface area contributed by atoms with Crippen LogP contribution < -0.4 is 19.8 Å². The first kappa shape index (κ1) is 36.1. The molecule has 3 heterocycles. The summed E-state index contributed by atoms with van der Waals surface area (Å²) >= 11 is 0. The van der Waals surface area contributed by atoms with Gasteiger partial charge in [-0.1, -0.05) is 95.3 Å². The van der Waals surface area contributed by atoms with Crippen LogP contribution in [0.25, 0.3) is 0 Å². The summed E-state index contributed by atoms with van der Waals surface area (Å²) in [6, 6.07) is 26.7. The summed E-state index contributed by atoms with van der Waals surface area (Å²) in [5.41, 5.74) is 2.80. The molecule has 0 saturated carbocycles. The molecule has 0 radical (unpaired) electrons. The van der Waals surface area contributed by atoms with E-state index in [1.807, 2.05) is 0 Å². The van der Waals surface area contributed by atoms with Gasteiger partial charge in [0.2, 0.25) is 0 Å². The van der Waals surface area contributed by atoms with Gasteiger partial charge in [-0.3, -0.25) is 4.90 Å². The second-order valence-electron chi connectivity index (χ2n) is 16.3. The predicted molar refractivity (Wildman–Crippen MR) is 201 cm³/mol. The van der Waals surface area contributed by atoms with Gasteiger partial charge in [0.1, 0.15) is 0 Å². The number of rotatable bonds is 12. The molecule has 0 aliphatic carbocycles. The van der Waals surface area contributed by atoms with Gasteiger partial charge in [-0.25, -0.2) is 0 Å². The van der Waals surface area contributed by atoms with Crippen LogP contribution in [0, 0.1) is 11.3 Å². The number of nitrogens with zero attached hydrogens (tertiary/aromatic N) is 1. The van der Waals surface area contributed by atoms with Crippen molar-refractivity contribution in [3.05, 3.63) is 83.9 Å². The van der Waals surface area contributed by atoms with Gasteiger partial charge in [-0.15, -0.1) is 0 Å². The molecule has 2 saturated heterocycles. The van der Waals surface area contributed by atoms with Crippen LogP contribution in [0.2, 0.25) is 5.04 Å². The van der Waals surface area contributed by atoms with E-state index in [-0.39, 0.29) is 22.8 Å². The van der Waals surface area contributed by atoms with Gasteiger partial charge in [0.05, 0.1) is 20.3 Å². The van der Waals surface area contributed by atoms with Gasteiger partial charge in [0.15, 0.2) is 17.8 Å². The summed E-state index contributed by atoms with van der Waals surface area (Å²) in [5, 5.41) is 2.64. The van der Waals surface area contributed by atoms with Crippen LogP contribution in [0.3, 0.4) is 0 Å². The molecular formula is C42H59NO5Si. The minimum atomic E-state index is -2.58. The lowest BCUT2D eigenvalue weighted by Crippen LogP contribution is -2.66. The molecule has 0 aromatic heterocycles. The van der Waals surface area contributed by atoms with Crippen molar-refractivity contribution >= 4 is 18.7 Å². The van der Waals surface area contributed by atoms with E-state index in [1.165, 1.54) is 27.9 Å². The van der Waals surface area contributed by atoms with Crippen LogP contribution in [0.15, 0.2) is 72.8 Å². The van der Waals surface area contributed by atoms with E-state index >= 15 is 0 Å². The average molecular weight is 686 g/mol. The quantitative estimate of drug-likeness (QED) is 0.181. The topological polar surface area (TPSA) is 49.4 Å². The van der Waals surface area contributed by atoms with E-state index in [0.29, 0.717) is 12.0 Å². The fourth-order valence-electron chi connectivity index (χ4n) is 8.84. The molecule has 6 rings (SSSR count). The molecule has 0 spiro atoms.